The number of sulfonamides is 1. The standard InChI is InChI=1S/C27H29ClF3N7O4S/c1-16-13-37(43(2,41)42)10-8-20(16)34-25-32-12-18(27(29,30)31)24(35-25)21-14-36(15-33-21)23-7-6-17(11-19(23)28)22-5-3-4-9-38(22)26(39)40/h5-7,11-12,14-16,20H,3-4,8-10,13H2,1-2H3,(H,39,40)(H,32,34,35)/t16-,20+/m1/s1. The summed E-state index contributed by atoms with van der Waals surface area (Å²) in [4.78, 5) is 25.2. The molecular formula is C27H29ClF3N7O4S. The van der Waals surface area contributed by atoms with E-state index in [1.165, 1.54) is 26.3 Å². The van der Waals surface area contributed by atoms with Crippen LogP contribution in [0.1, 0.15) is 37.3 Å². The van der Waals surface area contributed by atoms with E-state index in [0.29, 0.717) is 42.5 Å². The van der Waals surface area contributed by atoms with Crippen LogP contribution in [0.4, 0.5) is 23.9 Å². The molecule has 4 heterocycles. The second-order valence-electron chi connectivity index (χ2n) is 10.6. The molecule has 16 heteroatoms. The summed E-state index contributed by atoms with van der Waals surface area (Å²) in [5.41, 5.74) is -0.0195. The number of allylic oxidation sites excluding steroid dienone is 1. The number of imidazole rings is 1. The third-order valence-electron chi connectivity index (χ3n) is 7.54. The van der Waals surface area contributed by atoms with Gasteiger partial charge in [0.05, 0.1) is 22.7 Å². The van der Waals surface area contributed by atoms with Gasteiger partial charge in [-0.25, -0.2) is 32.5 Å². The molecule has 1 amide bonds. The van der Waals surface area contributed by atoms with E-state index < -0.39 is 33.6 Å². The van der Waals surface area contributed by atoms with E-state index >= 15 is 0 Å². The maximum absolute atomic E-state index is 14.0. The zero-order valence-electron chi connectivity index (χ0n) is 23.2. The summed E-state index contributed by atoms with van der Waals surface area (Å²) in [5.74, 6) is -0.178. The first kappa shape index (κ1) is 30.8. The van der Waals surface area contributed by atoms with E-state index in [9.17, 15) is 31.5 Å². The highest BCUT2D eigenvalue weighted by Crippen LogP contribution is 2.37. The first-order valence-electron chi connectivity index (χ1n) is 13.4. The van der Waals surface area contributed by atoms with Crippen LogP contribution in [0.5, 0.6) is 0 Å². The highest BCUT2D eigenvalue weighted by atomic mass is 35.5. The van der Waals surface area contributed by atoms with Crippen LogP contribution in [0.15, 0.2) is 43.0 Å². The molecule has 0 saturated carbocycles. The molecule has 0 radical (unpaired) electrons. The number of hydrogen-bond acceptors (Lipinski definition) is 7. The molecule has 1 aromatic carbocycles. The molecule has 0 bridgehead atoms. The van der Waals surface area contributed by atoms with Gasteiger partial charge in [-0.15, -0.1) is 0 Å². The molecule has 2 aliphatic heterocycles. The lowest BCUT2D eigenvalue weighted by molar-refractivity contribution is -0.137. The molecule has 2 N–H and O–H groups in total. The molecule has 1 saturated heterocycles. The van der Waals surface area contributed by atoms with Crippen molar-refractivity contribution in [3.63, 3.8) is 0 Å². The van der Waals surface area contributed by atoms with Crippen molar-refractivity contribution in [2.45, 2.75) is 38.4 Å². The number of nitrogens with zero attached hydrogens (tertiary/aromatic N) is 6. The Morgan fingerprint density at radius 3 is 2.63 bits per heavy atom. The van der Waals surface area contributed by atoms with E-state index in [4.69, 9.17) is 11.6 Å². The number of halogens is 4. The van der Waals surface area contributed by atoms with Gasteiger partial charge in [-0.2, -0.15) is 13.2 Å². The molecule has 5 rings (SSSR count). The summed E-state index contributed by atoms with van der Waals surface area (Å²) >= 11 is 6.56. The van der Waals surface area contributed by atoms with E-state index in [0.717, 1.165) is 12.7 Å². The summed E-state index contributed by atoms with van der Waals surface area (Å²) in [5, 5.41) is 12.9. The summed E-state index contributed by atoms with van der Waals surface area (Å²) in [6, 6.07) is 4.68. The third kappa shape index (κ3) is 6.63. The molecule has 2 aromatic heterocycles. The number of anilines is 1. The lowest BCUT2D eigenvalue weighted by Gasteiger charge is -2.35. The highest BCUT2D eigenvalue weighted by Gasteiger charge is 2.37. The molecule has 1 fully saturated rings. The van der Waals surface area contributed by atoms with Gasteiger partial charge in [0.2, 0.25) is 16.0 Å². The van der Waals surface area contributed by atoms with Crippen molar-refractivity contribution >= 4 is 39.4 Å². The first-order chi connectivity index (χ1) is 20.2. The number of benzene rings is 1. The maximum Gasteiger partial charge on any atom is 0.420 e. The third-order valence-corrected chi connectivity index (χ3v) is 9.11. The van der Waals surface area contributed by atoms with Crippen LogP contribution in [0.25, 0.3) is 22.8 Å². The van der Waals surface area contributed by atoms with E-state index in [-0.39, 0.29) is 41.7 Å². The highest BCUT2D eigenvalue weighted by molar-refractivity contribution is 7.88. The fourth-order valence-electron chi connectivity index (χ4n) is 5.29. The Bertz CT molecular complexity index is 1680. The number of alkyl halides is 3. The number of hydrogen-bond donors (Lipinski definition) is 2. The largest absolute Gasteiger partial charge is 0.465 e. The van der Waals surface area contributed by atoms with E-state index in [2.05, 4.69) is 20.3 Å². The Hall–Kier alpha value is -3.69. The van der Waals surface area contributed by atoms with Crippen LogP contribution in [0.3, 0.4) is 0 Å². The normalized spacial score (nSPS) is 20.1. The van der Waals surface area contributed by atoms with Gasteiger partial charge in [0.1, 0.15) is 23.3 Å². The molecule has 2 aliphatic rings. The van der Waals surface area contributed by atoms with E-state index in [1.54, 1.807) is 18.2 Å². The number of rotatable bonds is 6. The zero-order chi connectivity index (χ0) is 31.1. The quantitative estimate of drug-likeness (QED) is 0.376. The topological polar surface area (TPSA) is 134 Å². The van der Waals surface area contributed by atoms with Gasteiger partial charge in [-0.1, -0.05) is 30.7 Å². The second kappa shape index (κ2) is 11.8. The molecule has 230 valence electrons. The SMILES string of the molecule is C[C@@H]1CN(S(C)(=O)=O)CC[C@@H]1Nc1ncc(C(F)(F)F)c(-c2cn(-c3ccc(C4=CCCCN4C(=O)O)cc3Cl)cn2)n1. The van der Waals surface area contributed by atoms with Crippen molar-refractivity contribution in [1.29, 1.82) is 0 Å². The number of nitrogens with one attached hydrogen (secondary N) is 1. The number of amides is 1. The van der Waals surface area contributed by atoms with Crippen LogP contribution in [-0.2, 0) is 16.2 Å². The molecule has 2 atom stereocenters. The zero-order valence-corrected chi connectivity index (χ0v) is 24.8. The minimum atomic E-state index is -4.76. The minimum Gasteiger partial charge on any atom is -0.465 e. The van der Waals surface area contributed by atoms with Gasteiger partial charge < -0.3 is 15.0 Å². The van der Waals surface area contributed by atoms with Gasteiger partial charge in [-0.05, 0) is 42.9 Å². The molecule has 11 nitrogen and oxygen atoms in total. The number of carboxylic acid groups (broad SMARTS) is 1. The Kier molecular flexibility index (Phi) is 8.42. The van der Waals surface area contributed by atoms with Crippen molar-refractivity contribution in [2.75, 3.05) is 31.2 Å². The Labute approximate surface area is 251 Å². The van der Waals surface area contributed by atoms with Gasteiger partial charge in [0, 0.05) is 38.1 Å². The van der Waals surface area contributed by atoms with Crippen molar-refractivity contribution in [3.8, 4) is 17.1 Å². The van der Waals surface area contributed by atoms with Crippen molar-refractivity contribution < 1.29 is 31.5 Å². The maximum atomic E-state index is 14.0. The van der Waals surface area contributed by atoms with Crippen molar-refractivity contribution in [3.05, 3.63) is 59.1 Å². The fourth-order valence-corrected chi connectivity index (χ4v) is 6.51. The Morgan fingerprint density at radius 1 is 1.21 bits per heavy atom. The second-order valence-corrected chi connectivity index (χ2v) is 13.0. The van der Waals surface area contributed by atoms with Gasteiger partial charge >= 0.3 is 12.3 Å². The molecular weight excluding hydrogens is 611 g/mol. The summed E-state index contributed by atoms with van der Waals surface area (Å²) in [7, 11) is -3.36. The number of piperidine rings is 1. The van der Waals surface area contributed by atoms with Crippen LogP contribution in [-0.4, -0.2) is 80.3 Å². The average Bonchev–Trinajstić information content (AvgIpc) is 3.43. The Balaban J connectivity index is 1.42. The minimum absolute atomic E-state index is 0.0340. The van der Waals surface area contributed by atoms with Crippen molar-refractivity contribution in [2.24, 2.45) is 5.92 Å². The molecule has 0 aliphatic carbocycles. The summed E-state index contributed by atoms with van der Waals surface area (Å²) < 4.78 is 68.6. The fraction of sp³-hybridized carbons (Fsp3) is 0.407. The predicted molar refractivity (Wildman–Crippen MR) is 154 cm³/mol. The van der Waals surface area contributed by atoms with Crippen LogP contribution >= 0.6 is 11.6 Å². The number of carbonyl (C=O) groups is 1. The van der Waals surface area contributed by atoms with Crippen LogP contribution in [0, 0.1) is 5.92 Å². The van der Waals surface area contributed by atoms with Crippen LogP contribution < -0.4 is 5.32 Å². The van der Waals surface area contributed by atoms with Gasteiger partial charge in [-0.3, -0.25) is 4.90 Å². The number of aromatic nitrogens is 4. The monoisotopic (exact) mass is 639 g/mol. The van der Waals surface area contributed by atoms with E-state index in [1.807, 2.05) is 13.0 Å². The van der Waals surface area contributed by atoms with Gasteiger partial charge in [0.25, 0.3) is 0 Å². The van der Waals surface area contributed by atoms with Gasteiger partial charge in [0.15, 0.2) is 0 Å². The Morgan fingerprint density at radius 2 is 1.98 bits per heavy atom. The predicted octanol–water partition coefficient (Wildman–Crippen LogP) is 5.20. The van der Waals surface area contributed by atoms with Crippen molar-refractivity contribution in [1.82, 2.24) is 28.7 Å². The smallest absolute Gasteiger partial charge is 0.420 e. The lowest BCUT2D eigenvalue weighted by Crippen LogP contribution is -2.47. The molecule has 43 heavy (non-hydrogen) atoms. The molecule has 0 unspecified atom stereocenters. The lowest BCUT2D eigenvalue weighted by atomic mass is 9.95. The first-order valence-corrected chi connectivity index (χ1v) is 15.7. The average molecular weight is 640 g/mol. The molecule has 0 spiro atoms. The summed E-state index contributed by atoms with van der Waals surface area (Å²) in [6.45, 7) is 2.74. The van der Waals surface area contributed by atoms with Crippen LogP contribution in [0.2, 0.25) is 5.02 Å². The molecule has 3 aromatic rings. The summed E-state index contributed by atoms with van der Waals surface area (Å²) in [6.07, 6.45) is 2.39.